The molecule has 0 amide bonds. The quantitative estimate of drug-likeness (QED) is 0.264. The normalized spacial score (nSPS) is 11.3. The van der Waals surface area contributed by atoms with E-state index in [1.165, 1.54) is 11.1 Å². The van der Waals surface area contributed by atoms with Crippen molar-refractivity contribution >= 4 is 34.4 Å². The number of pyridine rings is 1. The summed E-state index contributed by atoms with van der Waals surface area (Å²) in [6.07, 6.45) is 3.62. The van der Waals surface area contributed by atoms with Gasteiger partial charge in [0.2, 0.25) is 5.89 Å². The van der Waals surface area contributed by atoms with Gasteiger partial charge in [-0.3, -0.25) is 4.98 Å². The van der Waals surface area contributed by atoms with Gasteiger partial charge in [-0.25, -0.2) is 9.97 Å². The number of hydrogen-bond donors (Lipinski definition) is 0. The van der Waals surface area contributed by atoms with Crippen LogP contribution >= 0.6 is 23.4 Å². The van der Waals surface area contributed by atoms with Crippen molar-refractivity contribution in [1.82, 2.24) is 19.5 Å². The number of hydrogen-bond acceptors (Lipinski definition) is 5. The molecule has 5 nitrogen and oxygen atoms in total. The van der Waals surface area contributed by atoms with E-state index in [-0.39, 0.29) is 0 Å². The van der Waals surface area contributed by atoms with Gasteiger partial charge in [-0.05, 0) is 37.6 Å². The molecule has 0 fully saturated rings. The van der Waals surface area contributed by atoms with Gasteiger partial charge < -0.3 is 8.98 Å². The Morgan fingerprint density at radius 1 is 1.00 bits per heavy atom. The first kappa shape index (κ1) is 20.8. The predicted molar refractivity (Wildman–Crippen MR) is 129 cm³/mol. The lowest BCUT2D eigenvalue weighted by Gasteiger charge is -2.08. The highest BCUT2D eigenvalue weighted by molar-refractivity contribution is 7.98. The van der Waals surface area contributed by atoms with Crippen molar-refractivity contribution in [2.45, 2.75) is 31.3 Å². The number of halogens is 1. The van der Waals surface area contributed by atoms with Crippen LogP contribution in [0.15, 0.2) is 76.6 Å². The predicted octanol–water partition coefficient (Wildman–Crippen LogP) is 6.70. The molecule has 5 rings (SSSR count). The van der Waals surface area contributed by atoms with Crippen molar-refractivity contribution < 1.29 is 4.42 Å². The highest BCUT2D eigenvalue weighted by atomic mass is 35.5. The van der Waals surface area contributed by atoms with E-state index < -0.39 is 0 Å². The minimum atomic E-state index is 0.527. The molecule has 0 aliphatic carbocycles. The maximum absolute atomic E-state index is 6.35. The van der Waals surface area contributed by atoms with Crippen LogP contribution in [0.5, 0.6) is 0 Å². The standard InChI is InChI=1S/C25H21ClN4OS/c1-16-7-9-18(10-8-16)15-32-25-29-21-11-12-27-13-23(21)30(25)14-22-17(2)31-24(28-22)19-5-3-4-6-20(19)26/h3-13H,14-15H2,1-2H3. The van der Waals surface area contributed by atoms with Gasteiger partial charge in [-0.2, -0.15) is 0 Å². The second-order valence-electron chi connectivity index (χ2n) is 7.62. The van der Waals surface area contributed by atoms with Crippen LogP contribution in [0.3, 0.4) is 0 Å². The summed E-state index contributed by atoms with van der Waals surface area (Å²) in [5, 5.41) is 1.54. The summed E-state index contributed by atoms with van der Waals surface area (Å²) in [4.78, 5) is 13.9. The zero-order chi connectivity index (χ0) is 22.1. The van der Waals surface area contributed by atoms with Crippen molar-refractivity contribution in [2.24, 2.45) is 0 Å². The number of nitrogens with zero attached hydrogens (tertiary/aromatic N) is 4. The van der Waals surface area contributed by atoms with Crippen molar-refractivity contribution in [3.8, 4) is 11.5 Å². The average Bonchev–Trinajstić information content (AvgIpc) is 3.34. The Balaban J connectivity index is 1.48. The molecule has 0 saturated carbocycles. The number of imidazole rings is 1. The van der Waals surface area contributed by atoms with E-state index in [0.29, 0.717) is 17.5 Å². The van der Waals surface area contributed by atoms with Crippen LogP contribution in [-0.2, 0) is 12.3 Å². The summed E-state index contributed by atoms with van der Waals surface area (Å²) >= 11 is 8.06. The minimum Gasteiger partial charge on any atom is -0.441 e. The van der Waals surface area contributed by atoms with Crippen molar-refractivity contribution in [3.63, 3.8) is 0 Å². The molecule has 32 heavy (non-hydrogen) atoms. The molecule has 3 heterocycles. The van der Waals surface area contributed by atoms with E-state index in [9.17, 15) is 0 Å². The van der Waals surface area contributed by atoms with Gasteiger partial charge in [0.1, 0.15) is 11.5 Å². The van der Waals surface area contributed by atoms with Gasteiger partial charge in [0.25, 0.3) is 0 Å². The number of benzene rings is 2. The highest BCUT2D eigenvalue weighted by Crippen LogP contribution is 2.31. The topological polar surface area (TPSA) is 56.7 Å². The third-order valence-corrected chi connectivity index (χ3v) is 6.69. The first-order chi connectivity index (χ1) is 15.6. The molecule has 0 spiro atoms. The average molecular weight is 461 g/mol. The zero-order valence-electron chi connectivity index (χ0n) is 17.7. The summed E-state index contributed by atoms with van der Waals surface area (Å²) in [6.45, 7) is 4.57. The number of thioether (sulfide) groups is 1. The molecule has 0 radical (unpaired) electrons. The second kappa shape index (κ2) is 8.81. The molecule has 3 aromatic heterocycles. The van der Waals surface area contributed by atoms with Gasteiger partial charge in [0.05, 0.1) is 34.4 Å². The smallest absolute Gasteiger partial charge is 0.228 e. The van der Waals surface area contributed by atoms with Gasteiger partial charge in [0.15, 0.2) is 5.16 Å². The van der Waals surface area contributed by atoms with Gasteiger partial charge in [-0.1, -0.05) is 65.3 Å². The van der Waals surface area contributed by atoms with E-state index >= 15 is 0 Å². The Morgan fingerprint density at radius 2 is 1.81 bits per heavy atom. The van der Waals surface area contributed by atoms with Crippen molar-refractivity contribution in [2.75, 3.05) is 0 Å². The molecule has 2 aromatic carbocycles. The van der Waals surface area contributed by atoms with Gasteiger partial charge >= 0.3 is 0 Å². The Morgan fingerprint density at radius 3 is 2.62 bits per heavy atom. The Kier molecular flexibility index (Phi) is 5.72. The molecule has 7 heteroatoms. The molecule has 0 aliphatic heterocycles. The van der Waals surface area contributed by atoms with Crippen molar-refractivity contribution in [3.05, 3.63) is 94.6 Å². The molecule has 0 bridgehead atoms. The molecule has 160 valence electrons. The fraction of sp³-hybridized carbons (Fsp3) is 0.160. The van der Waals surface area contributed by atoms with Crippen LogP contribution in [0.4, 0.5) is 0 Å². The summed E-state index contributed by atoms with van der Waals surface area (Å²) in [6, 6.07) is 18.1. The second-order valence-corrected chi connectivity index (χ2v) is 8.97. The third kappa shape index (κ3) is 4.16. The lowest BCUT2D eigenvalue weighted by molar-refractivity contribution is 0.537. The first-order valence-electron chi connectivity index (χ1n) is 10.3. The van der Waals surface area contributed by atoms with Crippen LogP contribution in [0.2, 0.25) is 5.02 Å². The Hall–Kier alpha value is -3.09. The fourth-order valence-corrected chi connectivity index (χ4v) is 4.70. The van der Waals surface area contributed by atoms with E-state index in [0.717, 1.165) is 39.0 Å². The summed E-state index contributed by atoms with van der Waals surface area (Å²) in [5.41, 5.74) is 6.04. The molecule has 0 atom stereocenters. The number of rotatable bonds is 6. The summed E-state index contributed by atoms with van der Waals surface area (Å²) in [7, 11) is 0. The van der Waals surface area contributed by atoms with Gasteiger partial charge in [0, 0.05) is 11.9 Å². The number of aryl methyl sites for hydroxylation is 2. The van der Waals surface area contributed by atoms with Gasteiger partial charge in [-0.15, -0.1) is 0 Å². The first-order valence-corrected chi connectivity index (χ1v) is 11.6. The molecular weight excluding hydrogens is 440 g/mol. The lowest BCUT2D eigenvalue weighted by Crippen LogP contribution is -2.03. The SMILES string of the molecule is Cc1ccc(CSc2nc3ccncc3n2Cc2nc(-c3ccccc3Cl)oc2C)cc1. The van der Waals surface area contributed by atoms with Crippen molar-refractivity contribution in [1.29, 1.82) is 0 Å². The minimum absolute atomic E-state index is 0.527. The Labute approximate surface area is 195 Å². The number of aromatic nitrogens is 4. The molecule has 0 aliphatic rings. The molecule has 0 unspecified atom stereocenters. The van der Waals surface area contributed by atoms with E-state index in [2.05, 4.69) is 40.7 Å². The van der Waals surface area contributed by atoms with Crippen LogP contribution in [0.1, 0.15) is 22.6 Å². The van der Waals surface area contributed by atoms with E-state index in [1.807, 2.05) is 43.5 Å². The largest absolute Gasteiger partial charge is 0.441 e. The highest BCUT2D eigenvalue weighted by Gasteiger charge is 2.18. The summed E-state index contributed by atoms with van der Waals surface area (Å²) in [5.74, 6) is 2.12. The van der Waals surface area contributed by atoms with E-state index in [1.54, 1.807) is 18.0 Å². The summed E-state index contributed by atoms with van der Waals surface area (Å²) < 4.78 is 8.13. The maximum Gasteiger partial charge on any atom is 0.228 e. The zero-order valence-corrected chi connectivity index (χ0v) is 19.3. The third-order valence-electron chi connectivity index (χ3n) is 5.31. The van der Waals surface area contributed by atoms with Crippen LogP contribution in [0, 0.1) is 13.8 Å². The monoisotopic (exact) mass is 460 g/mol. The molecular formula is C25H21ClN4OS. The van der Waals surface area contributed by atoms with Crippen LogP contribution < -0.4 is 0 Å². The van der Waals surface area contributed by atoms with Crippen LogP contribution in [0.25, 0.3) is 22.5 Å². The van der Waals surface area contributed by atoms with E-state index in [4.69, 9.17) is 26.0 Å². The molecule has 0 N–H and O–H groups in total. The molecule has 0 saturated heterocycles. The fourth-order valence-electron chi connectivity index (χ4n) is 3.52. The number of fused-ring (bicyclic) bond motifs is 1. The lowest BCUT2D eigenvalue weighted by atomic mass is 10.2. The number of oxazole rings is 1. The Bertz CT molecular complexity index is 1390. The maximum atomic E-state index is 6.35. The van der Waals surface area contributed by atoms with Crippen LogP contribution in [-0.4, -0.2) is 19.5 Å². The molecule has 5 aromatic rings.